The van der Waals surface area contributed by atoms with E-state index in [-0.39, 0.29) is 0 Å². The van der Waals surface area contributed by atoms with Crippen molar-refractivity contribution in [1.29, 1.82) is 0 Å². The van der Waals surface area contributed by atoms with Gasteiger partial charge in [-0.3, -0.25) is 0 Å². The van der Waals surface area contributed by atoms with Crippen molar-refractivity contribution in [3.05, 3.63) is 54.6 Å². The molecule has 0 bridgehead atoms. The molecule has 0 radical (unpaired) electrons. The van der Waals surface area contributed by atoms with Crippen molar-refractivity contribution in [2.24, 2.45) is 0 Å². The average molecular weight is 373 g/mol. The van der Waals surface area contributed by atoms with Gasteiger partial charge in [-0.15, -0.1) is 0 Å². The van der Waals surface area contributed by atoms with Crippen molar-refractivity contribution in [3.63, 3.8) is 0 Å². The molecule has 0 fully saturated rings. The molecule has 0 aliphatic carbocycles. The molecule has 6 heteroatoms. The van der Waals surface area contributed by atoms with E-state index in [4.69, 9.17) is 19.7 Å². The Balaban J connectivity index is 1.89. The second kappa shape index (κ2) is 7.68. The zero-order valence-corrected chi connectivity index (χ0v) is 16.3. The van der Waals surface area contributed by atoms with Crippen LogP contribution in [0.3, 0.4) is 0 Å². The summed E-state index contributed by atoms with van der Waals surface area (Å²) in [6, 6.07) is 17.8. The number of hydrogen-bond acceptors (Lipinski definition) is 5. The molecule has 0 aliphatic rings. The van der Waals surface area contributed by atoms with Gasteiger partial charge in [0.15, 0.2) is 17.3 Å². The van der Waals surface area contributed by atoms with Gasteiger partial charge in [0, 0.05) is 24.2 Å². The first-order valence-electron chi connectivity index (χ1n) is 9.46. The SMILES string of the molecule is CCN(CC)c1nc(-c2ccc(OC)cc2)nc2nc(-c3ccccc3)[nH]c12. The summed E-state index contributed by atoms with van der Waals surface area (Å²) < 4.78 is 5.26. The third-order valence-electron chi connectivity index (χ3n) is 4.79. The van der Waals surface area contributed by atoms with Crippen molar-refractivity contribution in [1.82, 2.24) is 19.9 Å². The highest BCUT2D eigenvalue weighted by atomic mass is 16.5. The van der Waals surface area contributed by atoms with Crippen LogP contribution in [0.25, 0.3) is 33.9 Å². The van der Waals surface area contributed by atoms with Crippen molar-refractivity contribution < 1.29 is 4.74 Å². The maximum absolute atomic E-state index is 5.26. The minimum atomic E-state index is 0.656. The molecule has 2 aromatic heterocycles. The van der Waals surface area contributed by atoms with Gasteiger partial charge in [-0.05, 0) is 38.1 Å². The van der Waals surface area contributed by atoms with E-state index < -0.39 is 0 Å². The summed E-state index contributed by atoms with van der Waals surface area (Å²) in [4.78, 5) is 20.0. The number of H-pyrrole nitrogens is 1. The van der Waals surface area contributed by atoms with Crippen LogP contribution in [0.5, 0.6) is 5.75 Å². The van der Waals surface area contributed by atoms with Crippen LogP contribution in [0.4, 0.5) is 5.82 Å². The Kier molecular flexibility index (Phi) is 4.93. The third-order valence-corrected chi connectivity index (χ3v) is 4.79. The van der Waals surface area contributed by atoms with E-state index in [0.29, 0.717) is 11.5 Å². The molecule has 28 heavy (non-hydrogen) atoms. The molecular formula is C22H23N5O. The summed E-state index contributed by atoms with van der Waals surface area (Å²) in [5, 5.41) is 0. The number of nitrogens with one attached hydrogen (secondary N) is 1. The fraction of sp³-hybridized carbons (Fsp3) is 0.227. The van der Waals surface area contributed by atoms with E-state index in [0.717, 1.165) is 47.1 Å². The fourth-order valence-corrected chi connectivity index (χ4v) is 3.24. The summed E-state index contributed by atoms with van der Waals surface area (Å²) >= 11 is 0. The molecule has 0 saturated carbocycles. The monoisotopic (exact) mass is 373 g/mol. The van der Waals surface area contributed by atoms with Crippen LogP contribution in [0, 0.1) is 0 Å². The van der Waals surface area contributed by atoms with E-state index in [2.05, 4.69) is 23.7 Å². The number of methoxy groups -OCH3 is 1. The molecule has 0 aliphatic heterocycles. The Labute approximate surface area is 164 Å². The Bertz CT molecular complexity index is 1070. The zero-order valence-electron chi connectivity index (χ0n) is 16.3. The number of benzene rings is 2. The highest BCUT2D eigenvalue weighted by Crippen LogP contribution is 2.29. The number of anilines is 1. The molecule has 2 heterocycles. The largest absolute Gasteiger partial charge is 0.497 e. The predicted octanol–water partition coefficient (Wildman–Crippen LogP) is 4.54. The van der Waals surface area contributed by atoms with E-state index in [1.807, 2.05) is 54.6 Å². The number of ether oxygens (including phenoxy) is 1. The summed E-state index contributed by atoms with van der Waals surface area (Å²) in [7, 11) is 1.66. The van der Waals surface area contributed by atoms with Gasteiger partial charge < -0.3 is 14.6 Å². The smallest absolute Gasteiger partial charge is 0.184 e. The molecule has 6 nitrogen and oxygen atoms in total. The quantitative estimate of drug-likeness (QED) is 0.537. The fourth-order valence-electron chi connectivity index (χ4n) is 3.24. The molecule has 0 atom stereocenters. The van der Waals surface area contributed by atoms with Crippen LogP contribution < -0.4 is 9.64 Å². The lowest BCUT2D eigenvalue weighted by Crippen LogP contribution is -2.23. The van der Waals surface area contributed by atoms with Gasteiger partial charge in [0.05, 0.1) is 7.11 Å². The lowest BCUT2D eigenvalue weighted by Gasteiger charge is -2.20. The number of aromatic amines is 1. The number of hydrogen-bond donors (Lipinski definition) is 1. The summed E-state index contributed by atoms with van der Waals surface area (Å²) in [6.07, 6.45) is 0. The van der Waals surface area contributed by atoms with Gasteiger partial charge in [0.2, 0.25) is 0 Å². The maximum Gasteiger partial charge on any atom is 0.184 e. The van der Waals surface area contributed by atoms with Crippen molar-refractivity contribution >= 4 is 17.0 Å². The lowest BCUT2D eigenvalue weighted by molar-refractivity contribution is 0.415. The molecule has 0 spiro atoms. The Morgan fingerprint density at radius 1 is 0.857 bits per heavy atom. The number of fused-ring (bicyclic) bond motifs is 1. The molecule has 0 saturated heterocycles. The summed E-state index contributed by atoms with van der Waals surface area (Å²) in [6.45, 7) is 5.95. The first-order chi connectivity index (χ1) is 13.7. The van der Waals surface area contributed by atoms with Crippen LogP contribution in [-0.2, 0) is 0 Å². The predicted molar refractivity (Wildman–Crippen MR) is 113 cm³/mol. The first-order valence-corrected chi connectivity index (χ1v) is 9.46. The topological polar surface area (TPSA) is 66.9 Å². The summed E-state index contributed by atoms with van der Waals surface area (Å²) in [5.41, 5.74) is 3.48. The molecule has 0 unspecified atom stereocenters. The van der Waals surface area contributed by atoms with Gasteiger partial charge >= 0.3 is 0 Å². The van der Waals surface area contributed by atoms with Crippen molar-refractivity contribution in [3.8, 4) is 28.5 Å². The van der Waals surface area contributed by atoms with Crippen LogP contribution in [0.2, 0.25) is 0 Å². The van der Waals surface area contributed by atoms with Gasteiger partial charge in [0.1, 0.15) is 17.1 Å². The second-order valence-electron chi connectivity index (χ2n) is 6.42. The van der Waals surface area contributed by atoms with Crippen LogP contribution in [0.1, 0.15) is 13.8 Å². The van der Waals surface area contributed by atoms with Gasteiger partial charge in [-0.2, -0.15) is 0 Å². The van der Waals surface area contributed by atoms with Crippen LogP contribution in [0.15, 0.2) is 54.6 Å². The molecule has 4 aromatic rings. The molecule has 4 rings (SSSR count). The average Bonchev–Trinajstić information content (AvgIpc) is 3.19. The Morgan fingerprint density at radius 2 is 1.57 bits per heavy atom. The molecule has 1 N–H and O–H groups in total. The lowest BCUT2D eigenvalue weighted by atomic mass is 10.2. The van der Waals surface area contributed by atoms with Gasteiger partial charge in [-0.25, -0.2) is 15.0 Å². The standard InChI is InChI=1S/C22H23N5O/c1-4-27(5-2)22-18-21(24-19(23-18)15-9-7-6-8-10-15)25-20(26-22)16-11-13-17(28-3)14-12-16/h6-14H,4-5H2,1-3H3,(H,23,24,25,26). The Morgan fingerprint density at radius 3 is 2.21 bits per heavy atom. The van der Waals surface area contributed by atoms with Crippen molar-refractivity contribution in [2.45, 2.75) is 13.8 Å². The van der Waals surface area contributed by atoms with E-state index in [9.17, 15) is 0 Å². The number of nitrogens with zero attached hydrogens (tertiary/aromatic N) is 4. The second-order valence-corrected chi connectivity index (χ2v) is 6.42. The molecule has 142 valence electrons. The van der Waals surface area contributed by atoms with E-state index in [1.54, 1.807) is 7.11 Å². The highest BCUT2D eigenvalue weighted by molar-refractivity contribution is 5.88. The van der Waals surface area contributed by atoms with Gasteiger partial charge in [0.25, 0.3) is 0 Å². The Hall–Kier alpha value is -3.41. The highest BCUT2D eigenvalue weighted by Gasteiger charge is 2.18. The molecule has 0 amide bonds. The van der Waals surface area contributed by atoms with Crippen molar-refractivity contribution in [2.75, 3.05) is 25.1 Å². The van der Waals surface area contributed by atoms with E-state index >= 15 is 0 Å². The van der Waals surface area contributed by atoms with Crippen LogP contribution in [-0.4, -0.2) is 40.1 Å². The minimum absolute atomic E-state index is 0.656. The summed E-state index contributed by atoms with van der Waals surface area (Å²) in [5.74, 6) is 3.13. The normalized spacial score (nSPS) is 11.0. The number of imidazole rings is 1. The molecule has 2 aromatic carbocycles. The number of aromatic nitrogens is 4. The van der Waals surface area contributed by atoms with Crippen LogP contribution >= 0.6 is 0 Å². The zero-order chi connectivity index (χ0) is 19.5. The van der Waals surface area contributed by atoms with Gasteiger partial charge in [-0.1, -0.05) is 30.3 Å². The third kappa shape index (κ3) is 3.29. The molecular weight excluding hydrogens is 350 g/mol. The number of rotatable bonds is 6. The maximum atomic E-state index is 5.26. The minimum Gasteiger partial charge on any atom is -0.497 e. The van der Waals surface area contributed by atoms with E-state index in [1.165, 1.54) is 0 Å². The first kappa shape index (κ1) is 18.0.